The van der Waals surface area contributed by atoms with Gasteiger partial charge in [0.2, 0.25) is 0 Å². The summed E-state index contributed by atoms with van der Waals surface area (Å²) < 4.78 is 33.5. The van der Waals surface area contributed by atoms with Crippen molar-refractivity contribution in [1.82, 2.24) is 4.90 Å². The lowest BCUT2D eigenvalue weighted by Gasteiger charge is -2.29. The molecule has 0 amide bonds. The average Bonchev–Trinajstić information content (AvgIpc) is 2.69. The van der Waals surface area contributed by atoms with E-state index in [1.807, 2.05) is 35.4 Å². The molecule has 28 heavy (non-hydrogen) atoms. The Morgan fingerprint density at radius 3 is 2.61 bits per heavy atom. The number of phenols is 1. The van der Waals surface area contributed by atoms with E-state index in [-0.39, 0.29) is 17.3 Å². The monoisotopic (exact) mass is 399 g/mol. The van der Waals surface area contributed by atoms with Gasteiger partial charge < -0.3 is 19.6 Å². The van der Waals surface area contributed by atoms with E-state index in [9.17, 15) is 13.5 Å². The van der Waals surface area contributed by atoms with Gasteiger partial charge in [-0.3, -0.25) is 0 Å². The number of fused-ring (bicyclic) bond motifs is 1. The zero-order chi connectivity index (χ0) is 19.7. The topological polar surface area (TPSA) is 114 Å². The van der Waals surface area contributed by atoms with Gasteiger partial charge in [-0.25, -0.2) is 8.42 Å². The van der Waals surface area contributed by atoms with Gasteiger partial charge in [-0.15, -0.1) is 4.40 Å². The number of nitrogens with two attached hydrogens (primary N) is 1. The number of allylic oxidation sites excluding steroid dienone is 2. The highest BCUT2D eigenvalue weighted by Gasteiger charge is 2.27. The Bertz CT molecular complexity index is 1100. The number of phenolic OH excluding ortho intramolecular Hbond substituents is 1. The molecule has 3 N–H and O–H groups in total. The molecule has 0 saturated heterocycles. The fraction of sp³-hybridized carbons (Fsp3) is 0.105. The van der Waals surface area contributed by atoms with Crippen LogP contribution in [0, 0.1) is 0 Å². The Morgan fingerprint density at radius 2 is 1.86 bits per heavy atom. The Morgan fingerprint density at radius 1 is 1.11 bits per heavy atom. The minimum Gasteiger partial charge on any atom is -0.504 e. The van der Waals surface area contributed by atoms with E-state index in [4.69, 9.17) is 10.6 Å². The third kappa shape index (κ3) is 3.57. The molecular weight excluding hydrogens is 382 g/mol. The Balaban J connectivity index is 1.59. The number of amidine groups is 1. The first-order chi connectivity index (χ1) is 13.4. The highest BCUT2D eigenvalue weighted by Crippen LogP contribution is 2.33. The second-order valence-electron chi connectivity index (χ2n) is 6.19. The maximum absolute atomic E-state index is 11.9. The fourth-order valence-corrected chi connectivity index (χ4v) is 3.92. The molecule has 0 radical (unpaired) electrons. The van der Waals surface area contributed by atoms with Crippen molar-refractivity contribution < 1.29 is 23.1 Å². The van der Waals surface area contributed by atoms with Crippen LogP contribution in [0.2, 0.25) is 0 Å². The van der Waals surface area contributed by atoms with Crippen molar-refractivity contribution in [3.8, 4) is 23.0 Å². The molecule has 2 heterocycles. The van der Waals surface area contributed by atoms with Crippen LogP contribution in [0.3, 0.4) is 0 Å². The van der Waals surface area contributed by atoms with Crippen molar-refractivity contribution in [3.05, 3.63) is 66.4 Å². The van der Waals surface area contributed by atoms with E-state index in [2.05, 4.69) is 9.24 Å². The minimum absolute atomic E-state index is 0.00201. The summed E-state index contributed by atoms with van der Waals surface area (Å²) in [6.07, 6.45) is 5.51. The first kappa shape index (κ1) is 18.1. The van der Waals surface area contributed by atoms with E-state index in [1.165, 1.54) is 12.1 Å². The molecule has 2 aromatic carbocycles. The SMILES string of the molecule is NOc1cc(Oc2ccc(C3=CC=CN4CCS(=O)(=O)N=C34)cc2)ccc1O. The van der Waals surface area contributed by atoms with Crippen LogP contribution in [0.1, 0.15) is 5.56 Å². The molecule has 4 rings (SSSR count). The Kier molecular flexibility index (Phi) is 4.54. The number of sulfonamides is 1. The van der Waals surface area contributed by atoms with Crippen LogP contribution in [-0.2, 0) is 10.0 Å². The van der Waals surface area contributed by atoms with Crippen LogP contribution in [-0.4, -0.2) is 36.6 Å². The molecule has 0 fully saturated rings. The summed E-state index contributed by atoms with van der Waals surface area (Å²) in [5.41, 5.74) is 1.54. The van der Waals surface area contributed by atoms with Crippen molar-refractivity contribution in [2.24, 2.45) is 10.3 Å². The lowest BCUT2D eigenvalue weighted by molar-refractivity contribution is 0.310. The third-order valence-electron chi connectivity index (χ3n) is 4.32. The van der Waals surface area contributed by atoms with Gasteiger partial charge in [0.1, 0.15) is 11.5 Å². The summed E-state index contributed by atoms with van der Waals surface area (Å²) in [6, 6.07) is 11.6. The minimum atomic E-state index is -3.45. The van der Waals surface area contributed by atoms with Crippen molar-refractivity contribution in [3.63, 3.8) is 0 Å². The molecule has 2 aliphatic heterocycles. The second kappa shape index (κ2) is 7.02. The number of benzene rings is 2. The fourth-order valence-electron chi connectivity index (χ4n) is 2.93. The zero-order valence-corrected chi connectivity index (χ0v) is 15.5. The van der Waals surface area contributed by atoms with Crippen LogP contribution in [0.25, 0.3) is 5.57 Å². The summed E-state index contributed by atoms with van der Waals surface area (Å²) in [5, 5.41) is 9.58. The van der Waals surface area contributed by atoms with Gasteiger partial charge in [-0.1, -0.05) is 12.1 Å². The Hall–Kier alpha value is -3.30. The summed E-state index contributed by atoms with van der Waals surface area (Å²) in [5.74, 6) is 6.54. The number of ether oxygens (including phenoxy) is 1. The molecule has 0 spiro atoms. The normalized spacial score (nSPS) is 17.4. The maximum atomic E-state index is 11.9. The van der Waals surface area contributed by atoms with E-state index >= 15 is 0 Å². The van der Waals surface area contributed by atoms with Gasteiger partial charge in [0.25, 0.3) is 10.0 Å². The van der Waals surface area contributed by atoms with Crippen LogP contribution in [0.5, 0.6) is 23.0 Å². The van der Waals surface area contributed by atoms with Gasteiger partial charge in [-0.2, -0.15) is 5.90 Å². The smallest absolute Gasteiger partial charge is 0.256 e. The van der Waals surface area contributed by atoms with Crippen molar-refractivity contribution in [2.75, 3.05) is 12.3 Å². The second-order valence-corrected chi connectivity index (χ2v) is 7.94. The van der Waals surface area contributed by atoms with Crippen LogP contribution < -0.4 is 15.5 Å². The summed E-state index contributed by atoms with van der Waals surface area (Å²) in [7, 11) is -3.45. The maximum Gasteiger partial charge on any atom is 0.256 e. The number of aromatic hydroxyl groups is 1. The first-order valence-electron chi connectivity index (χ1n) is 8.41. The van der Waals surface area contributed by atoms with Gasteiger partial charge in [0, 0.05) is 24.4 Å². The van der Waals surface area contributed by atoms with E-state index < -0.39 is 10.0 Å². The van der Waals surface area contributed by atoms with Crippen LogP contribution in [0.4, 0.5) is 0 Å². The van der Waals surface area contributed by atoms with E-state index in [1.54, 1.807) is 18.2 Å². The standard InChI is InChI=1S/C19H17N3O5S/c20-27-18-12-15(7-8-17(18)23)26-14-5-3-13(4-6-14)16-2-1-9-22-10-11-28(24,25)21-19(16)22/h1-9,12,23H,10-11,20H2. The first-order valence-corrected chi connectivity index (χ1v) is 10.0. The number of hydrogen-bond donors (Lipinski definition) is 2. The molecule has 144 valence electrons. The molecule has 0 aliphatic carbocycles. The third-order valence-corrected chi connectivity index (χ3v) is 5.47. The molecule has 0 bridgehead atoms. The van der Waals surface area contributed by atoms with Gasteiger partial charge in [0.05, 0.1) is 5.75 Å². The van der Waals surface area contributed by atoms with Crippen LogP contribution >= 0.6 is 0 Å². The van der Waals surface area contributed by atoms with E-state index in [0.29, 0.717) is 23.9 Å². The molecule has 2 aliphatic rings. The highest BCUT2D eigenvalue weighted by atomic mass is 32.2. The number of rotatable bonds is 4. The zero-order valence-electron chi connectivity index (χ0n) is 14.6. The summed E-state index contributed by atoms with van der Waals surface area (Å²) >= 11 is 0. The van der Waals surface area contributed by atoms with Crippen molar-refractivity contribution in [2.45, 2.75) is 0 Å². The largest absolute Gasteiger partial charge is 0.504 e. The predicted molar refractivity (Wildman–Crippen MR) is 104 cm³/mol. The van der Waals surface area contributed by atoms with Gasteiger partial charge in [-0.05, 0) is 42.0 Å². The molecule has 0 atom stereocenters. The van der Waals surface area contributed by atoms with Crippen molar-refractivity contribution in [1.29, 1.82) is 0 Å². The molecule has 2 aromatic rings. The summed E-state index contributed by atoms with van der Waals surface area (Å²) in [6.45, 7) is 0.378. The Labute approximate surface area is 161 Å². The molecular formula is C19H17N3O5S. The van der Waals surface area contributed by atoms with E-state index in [0.717, 1.165) is 11.1 Å². The molecule has 9 heteroatoms. The van der Waals surface area contributed by atoms with Gasteiger partial charge in [0.15, 0.2) is 17.3 Å². The molecule has 0 aromatic heterocycles. The lowest BCUT2D eigenvalue weighted by atomic mass is 10.0. The highest BCUT2D eigenvalue weighted by molar-refractivity contribution is 7.90. The molecule has 0 saturated carbocycles. The average molecular weight is 399 g/mol. The van der Waals surface area contributed by atoms with Crippen molar-refractivity contribution >= 4 is 21.4 Å². The predicted octanol–water partition coefficient (Wildman–Crippen LogP) is 2.39. The van der Waals surface area contributed by atoms with Gasteiger partial charge >= 0.3 is 0 Å². The summed E-state index contributed by atoms with van der Waals surface area (Å²) in [4.78, 5) is 6.40. The number of hydrogen-bond acceptors (Lipinski definition) is 7. The van der Waals surface area contributed by atoms with Crippen LogP contribution in [0.15, 0.2) is 65.2 Å². The lowest BCUT2D eigenvalue weighted by Crippen LogP contribution is -2.37. The molecule has 0 unspecified atom stereocenters. The quantitative estimate of drug-likeness (QED) is 0.759. The number of nitrogens with zero attached hydrogens (tertiary/aromatic N) is 2. The molecule has 8 nitrogen and oxygen atoms in total.